The van der Waals surface area contributed by atoms with E-state index in [-0.39, 0.29) is 41.5 Å². The number of terminal acetylenes is 1. The van der Waals surface area contributed by atoms with E-state index in [1.807, 2.05) is 0 Å². The normalized spacial score (nSPS) is 19.0. The third-order valence-electron chi connectivity index (χ3n) is 8.81. The van der Waals surface area contributed by atoms with Crippen molar-refractivity contribution in [1.29, 1.82) is 0 Å². The minimum absolute atomic E-state index is 0.00939. The Morgan fingerprint density at radius 3 is 2.35 bits per heavy atom. The van der Waals surface area contributed by atoms with Crippen LogP contribution in [0.5, 0.6) is 0 Å². The Labute approximate surface area is 281 Å². The third-order valence-corrected chi connectivity index (χ3v) is 8.81. The zero-order valence-electron chi connectivity index (χ0n) is 27.9. The highest BCUT2D eigenvalue weighted by Crippen LogP contribution is 2.38. The van der Waals surface area contributed by atoms with Crippen LogP contribution in [0.3, 0.4) is 0 Å². The summed E-state index contributed by atoms with van der Waals surface area (Å²) in [4.78, 5) is 36.9. The number of unbranched alkanes of at least 4 members (excludes halogenated alkanes) is 12. The van der Waals surface area contributed by atoms with Crippen molar-refractivity contribution < 1.29 is 33.3 Å². The fourth-order valence-corrected chi connectivity index (χ4v) is 5.96. The molecule has 3 aromatic rings. The largest absolute Gasteiger partial charge is 0.461 e. The number of imidazole rings is 1. The zero-order chi connectivity index (χ0) is 34.4. The average Bonchev–Trinajstić information content (AvgIpc) is 3.65. The summed E-state index contributed by atoms with van der Waals surface area (Å²) < 4.78 is 32.3. The second-order valence-corrected chi connectivity index (χ2v) is 12.4. The van der Waals surface area contributed by atoms with E-state index >= 15 is 0 Å². The highest BCUT2D eigenvalue weighted by atomic mass is 19.1. The van der Waals surface area contributed by atoms with Crippen LogP contribution in [0.4, 0.5) is 10.2 Å². The number of fused-ring (bicyclic) bond motifs is 1. The molecule has 48 heavy (non-hydrogen) atoms. The molecule has 0 spiro atoms. The molecule has 1 aliphatic rings. The topological polar surface area (TPSA) is 152 Å². The van der Waals surface area contributed by atoms with E-state index in [4.69, 9.17) is 26.4 Å². The molecule has 3 atom stereocenters. The Bertz CT molecular complexity index is 1540. The number of carbonyl (C=O) groups is 2. The molecular formula is C36H48FN5O6. The summed E-state index contributed by atoms with van der Waals surface area (Å²) in [6.45, 7) is 1.69. The molecule has 260 valence electrons. The predicted octanol–water partition coefficient (Wildman–Crippen LogP) is 6.58. The van der Waals surface area contributed by atoms with Gasteiger partial charge in [0.05, 0.1) is 11.9 Å². The second-order valence-electron chi connectivity index (χ2n) is 12.4. The SMILES string of the molecule is C#C[C@]1(COC(=O)c2ccccc2COC(=O)CCCCCCCCCCCCCCC)O[C@@H](n2cnc3c(N)nc(F)nc32)C[C@@H]1O. The fourth-order valence-electron chi connectivity index (χ4n) is 5.96. The number of aliphatic hydroxyl groups is 1. The molecule has 12 heteroatoms. The molecule has 1 aliphatic heterocycles. The molecule has 1 aromatic carbocycles. The molecule has 0 amide bonds. The summed E-state index contributed by atoms with van der Waals surface area (Å²) in [7, 11) is 0. The number of benzene rings is 1. The summed E-state index contributed by atoms with van der Waals surface area (Å²) in [6.07, 6.45) is 20.2. The highest BCUT2D eigenvalue weighted by molar-refractivity contribution is 5.91. The molecule has 3 N–H and O–H groups in total. The lowest BCUT2D eigenvalue weighted by molar-refractivity contribution is -0.145. The van der Waals surface area contributed by atoms with E-state index in [2.05, 4.69) is 27.8 Å². The van der Waals surface area contributed by atoms with Gasteiger partial charge in [-0.05, 0) is 12.5 Å². The van der Waals surface area contributed by atoms with Crippen LogP contribution in [0.1, 0.15) is 125 Å². The number of nitrogen functional groups attached to an aromatic ring is 1. The number of anilines is 1. The minimum atomic E-state index is -1.69. The number of halogens is 1. The van der Waals surface area contributed by atoms with Gasteiger partial charge in [-0.2, -0.15) is 14.4 Å². The van der Waals surface area contributed by atoms with Crippen LogP contribution >= 0.6 is 0 Å². The molecule has 1 fully saturated rings. The average molecular weight is 666 g/mol. The smallest absolute Gasteiger partial charge is 0.338 e. The van der Waals surface area contributed by atoms with Crippen molar-refractivity contribution in [2.45, 2.75) is 128 Å². The van der Waals surface area contributed by atoms with Crippen molar-refractivity contribution in [3.05, 3.63) is 47.8 Å². The molecule has 0 unspecified atom stereocenters. The Kier molecular flexibility index (Phi) is 14.1. The van der Waals surface area contributed by atoms with Gasteiger partial charge in [-0.1, -0.05) is 108 Å². The Morgan fingerprint density at radius 2 is 1.69 bits per heavy atom. The molecule has 2 aromatic heterocycles. The lowest BCUT2D eigenvalue weighted by atomic mass is 9.99. The number of rotatable bonds is 20. The molecule has 4 rings (SSSR count). The first kappa shape index (κ1) is 36.8. The van der Waals surface area contributed by atoms with Crippen molar-refractivity contribution in [2.24, 2.45) is 0 Å². The van der Waals surface area contributed by atoms with E-state index in [9.17, 15) is 19.1 Å². The van der Waals surface area contributed by atoms with Gasteiger partial charge >= 0.3 is 18.0 Å². The lowest BCUT2D eigenvalue weighted by Crippen LogP contribution is -2.43. The van der Waals surface area contributed by atoms with Gasteiger partial charge in [0.2, 0.25) is 0 Å². The minimum Gasteiger partial charge on any atom is -0.461 e. The molecule has 3 heterocycles. The predicted molar refractivity (Wildman–Crippen MR) is 179 cm³/mol. The maximum Gasteiger partial charge on any atom is 0.338 e. The van der Waals surface area contributed by atoms with Crippen molar-refractivity contribution in [1.82, 2.24) is 19.5 Å². The molecular weight excluding hydrogens is 617 g/mol. The monoisotopic (exact) mass is 665 g/mol. The maximum absolute atomic E-state index is 13.9. The van der Waals surface area contributed by atoms with E-state index in [1.54, 1.807) is 24.3 Å². The molecule has 11 nitrogen and oxygen atoms in total. The van der Waals surface area contributed by atoms with Gasteiger partial charge < -0.3 is 25.1 Å². The Morgan fingerprint density at radius 1 is 1.04 bits per heavy atom. The van der Waals surface area contributed by atoms with Crippen molar-refractivity contribution >= 4 is 28.9 Å². The van der Waals surface area contributed by atoms with Crippen LogP contribution < -0.4 is 5.73 Å². The first-order valence-corrected chi connectivity index (χ1v) is 17.2. The molecule has 0 saturated carbocycles. The molecule has 0 radical (unpaired) electrons. The molecule has 1 saturated heterocycles. The third kappa shape index (κ3) is 9.97. The number of hydrogen-bond acceptors (Lipinski definition) is 10. The van der Waals surface area contributed by atoms with Crippen molar-refractivity contribution in [2.75, 3.05) is 12.3 Å². The quantitative estimate of drug-likeness (QED) is 0.0586. The van der Waals surface area contributed by atoms with Gasteiger partial charge in [-0.25, -0.2) is 9.78 Å². The summed E-state index contributed by atoms with van der Waals surface area (Å²) in [6, 6.07) is 6.64. The van der Waals surface area contributed by atoms with E-state index in [0.29, 0.717) is 12.0 Å². The van der Waals surface area contributed by atoms with Gasteiger partial charge in [0.1, 0.15) is 25.5 Å². The van der Waals surface area contributed by atoms with Crippen LogP contribution in [0.2, 0.25) is 0 Å². The summed E-state index contributed by atoms with van der Waals surface area (Å²) >= 11 is 0. The van der Waals surface area contributed by atoms with E-state index < -0.39 is 36.6 Å². The Hall–Kier alpha value is -4.08. The fraction of sp³-hybridized carbons (Fsp3) is 0.583. The van der Waals surface area contributed by atoms with Crippen LogP contribution in [-0.2, 0) is 25.6 Å². The maximum atomic E-state index is 13.9. The summed E-state index contributed by atoms with van der Waals surface area (Å²) in [5, 5.41) is 10.9. The number of aromatic nitrogens is 4. The first-order valence-electron chi connectivity index (χ1n) is 17.2. The summed E-state index contributed by atoms with van der Waals surface area (Å²) in [5.74, 6) is 1.24. The lowest BCUT2D eigenvalue weighted by Gasteiger charge is -2.26. The molecule has 0 aliphatic carbocycles. The molecule has 0 bridgehead atoms. The van der Waals surface area contributed by atoms with Crippen molar-refractivity contribution in [3.63, 3.8) is 0 Å². The van der Waals surface area contributed by atoms with Crippen LogP contribution in [0.15, 0.2) is 30.6 Å². The number of hydrogen-bond donors (Lipinski definition) is 2. The van der Waals surface area contributed by atoms with E-state index in [0.717, 1.165) is 19.3 Å². The zero-order valence-corrected chi connectivity index (χ0v) is 27.9. The number of ether oxygens (including phenoxy) is 3. The van der Waals surface area contributed by atoms with Crippen LogP contribution in [0.25, 0.3) is 11.2 Å². The van der Waals surface area contributed by atoms with E-state index in [1.165, 1.54) is 75.1 Å². The highest BCUT2D eigenvalue weighted by Gasteiger charge is 2.49. The Balaban J connectivity index is 1.19. The number of nitrogens with zero attached hydrogens (tertiary/aromatic N) is 4. The second kappa shape index (κ2) is 18.5. The first-order chi connectivity index (χ1) is 23.3. The van der Waals surface area contributed by atoms with Crippen LogP contribution in [0, 0.1) is 18.4 Å². The van der Waals surface area contributed by atoms with Gasteiger partial charge in [-0.15, -0.1) is 6.42 Å². The van der Waals surface area contributed by atoms with Gasteiger partial charge in [-0.3, -0.25) is 9.36 Å². The number of esters is 2. The number of nitrogens with two attached hydrogens (primary N) is 1. The number of aliphatic hydroxyl groups excluding tert-OH is 1. The van der Waals surface area contributed by atoms with Gasteiger partial charge in [0.15, 0.2) is 22.6 Å². The van der Waals surface area contributed by atoms with Gasteiger partial charge in [0, 0.05) is 18.4 Å². The van der Waals surface area contributed by atoms with Crippen LogP contribution in [-0.4, -0.2) is 54.9 Å². The summed E-state index contributed by atoms with van der Waals surface area (Å²) in [5.41, 5.74) is 4.98. The van der Waals surface area contributed by atoms with Gasteiger partial charge in [0.25, 0.3) is 0 Å². The number of carbonyl (C=O) groups excluding carboxylic acids is 2. The standard InChI is InChI=1S/C36H48FN5O6/c1-3-5-6-7-8-9-10-11-12-13-14-15-16-21-30(44)46-23-26-19-17-18-20-27(26)34(45)47-24-36(4-2)28(43)22-29(48-36)42-25-39-31-32(38)40-35(37)41-33(31)42/h2,17-20,25,28-29,43H,3,5-16,21-24H2,1H3,(H2,38,40,41)/t28-,29+,36+/m0/s1. The van der Waals surface area contributed by atoms with Crippen molar-refractivity contribution in [3.8, 4) is 12.3 Å².